The van der Waals surface area contributed by atoms with Gasteiger partial charge in [0.2, 0.25) is 5.78 Å². The number of hydrogen-bond donors (Lipinski definition) is 0. The summed E-state index contributed by atoms with van der Waals surface area (Å²) in [5.41, 5.74) is 1.80. The van der Waals surface area contributed by atoms with Crippen LogP contribution < -0.4 is 0 Å². The van der Waals surface area contributed by atoms with E-state index in [2.05, 4.69) is 5.87 Å². The Bertz CT molecular complexity index is 1070. The van der Waals surface area contributed by atoms with Gasteiger partial charge in [-0.1, -0.05) is 13.8 Å². The van der Waals surface area contributed by atoms with Crippen LogP contribution in [0.4, 0.5) is 0 Å². The maximum atomic E-state index is 13.1. The number of nitriles is 1. The van der Waals surface area contributed by atoms with Crippen molar-refractivity contribution >= 4 is 38.3 Å². The third-order valence-electron chi connectivity index (χ3n) is 4.42. The monoisotopic (exact) mass is 385 g/mol. The summed E-state index contributed by atoms with van der Waals surface area (Å²) in [7, 11) is -2.62. The Morgan fingerprint density at radius 1 is 1.27 bits per heavy atom. The smallest absolute Gasteiger partial charge is 0.203 e. The second-order valence-electron chi connectivity index (χ2n) is 7.54. The number of fused-ring (bicyclic) bond motifs is 1. The first kappa shape index (κ1) is 18.6. The van der Waals surface area contributed by atoms with Crippen LogP contribution >= 0.6 is 11.3 Å². The van der Waals surface area contributed by atoms with Crippen LogP contribution in [-0.2, 0) is 15.9 Å². The van der Waals surface area contributed by atoms with E-state index in [4.69, 9.17) is 5.26 Å². The number of thiophene rings is 1. The van der Waals surface area contributed by atoms with Crippen LogP contribution in [0.5, 0.6) is 0 Å². The van der Waals surface area contributed by atoms with E-state index in [0.717, 1.165) is 11.3 Å². The molecule has 0 N–H and O–H groups in total. The van der Waals surface area contributed by atoms with Crippen molar-refractivity contribution in [3.63, 3.8) is 0 Å². The van der Waals surface area contributed by atoms with Crippen molar-refractivity contribution in [3.05, 3.63) is 51.4 Å². The lowest BCUT2D eigenvalue weighted by molar-refractivity contribution is 0.0909. The Morgan fingerprint density at radius 2 is 1.88 bits per heavy atom. The molecule has 4 nitrogen and oxygen atoms in total. The molecule has 0 spiro atoms. The van der Waals surface area contributed by atoms with E-state index in [-0.39, 0.29) is 17.0 Å². The second-order valence-corrected chi connectivity index (χ2v) is 11.2. The van der Waals surface area contributed by atoms with Gasteiger partial charge < -0.3 is 0 Å². The first-order valence-electron chi connectivity index (χ1n) is 8.09. The maximum absolute atomic E-state index is 13.1. The Balaban J connectivity index is 2.20. The predicted octanol–water partition coefficient (Wildman–Crippen LogP) is 3.71. The lowest BCUT2D eigenvalue weighted by Gasteiger charge is -2.29. The van der Waals surface area contributed by atoms with Gasteiger partial charge in [0.15, 0.2) is 5.78 Å². The van der Waals surface area contributed by atoms with Crippen molar-refractivity contribution in [2.75, 3.05) is 6.26 Å². The summed E-state index contributed by atoms with van der Waals surface area (Å²) in [5.74, 6) is 3.44. The number of hydrogen-bond acceptors (Lipinski definition) is 5. The molecule has 0 saturated carbocycles. The second kappa shape index (κ2) is 6.19. The van der Waals surface area contributed by atoms with E-state index < -0.39 is 9.52 Å². The van der Waals surface area contributed by atoms with E-state index in [1.165, 1.54) is 6.26 Å². The fourth-order valence-electron chi connectivity index (χ4n) is 3.27. The van der Waals surface area contributed by atoms with Crippen molar-refractivity contribution in [1.29, 1.82) is 5.26 Å². The molecule has 0 radical (unpaired) electrons. The van der Waals surface area contributed by atoms with Gasteiger partial charge in [0.1, 0.15) is 0 Å². The Labute approximate surface area is 157 Å². The lowest BCUT2D eigenvalue weighted by atomic mass is 9.74. The fourth-order valence-corrected chi connectivity index (χ4v) is 5.93. The molecule has 0 amide bonds. The van der Waals surface area contributed by atoms with Gasteiger partial charge in [-0.25, -0.2) is 0 Å². The molecular weight excluding hydrogens is 366 g/mol. The van der Waals surface area contributed by atoms with Crippen molar-refractivity contribution in [2.45, 2.75) is 30.9 Å². The van der Waals surface area contributed by atoms with Crippen LogP contribution in [0.3, 0.4) is 0 Å². The minimum absolute atomic E-state index is 0.0698. The van der Waals surface area contributed by atoms with Crippen LogP contribution in [0.15, 0.2) is 28.5 Å². The van der Waals surface area contributed by atoms with Crippen molar-refractivity contribution < 1.29 is 13.8 Å². The molecule has 1 aliphatic rings. The van der Waals surface area contributed by atoms with Gasteiger partial charge in [0.05, 0.1) is 20.7 Å². The van der Waals surface area contributed by atoms with Crippen LogP contribution in [0.1, 0.15) is 57.0 Å². The molecule has 1 aliphatic carbocycles. The molecule has 3 rings (SSSR count). The molecular formula is C20H19NO3S2. The minimum Gasteiger partial charge on any atom is -0.294 e. The summed E-state index contributed by atoms with van der Waals surface area (Å²) in [6.07, 6.45) is 2.45. The SMILES string of the molecule is C=S(C)(=O)c1sc(C(=O)c2ccc(C#N)cc2)c2c1C(=O)CC(C)(C)C2. The minimum atomic E-state index is -2.62. The molecule has 0 fully saturated rings. The molecule has 1 aromatic carbocycles. The first-order valence-corrected chi connectivity index (χ1v) is 11.0. The normalized spacial score (nSPS) is 17.8. The van der Waals surface area contributed by atoms with Crippen LogP contribution in [0, 0.1) is 16.7 Å². The molecule has 6 heteroatoms. The fraction of sp³-hybridized carbons (Fsp3) is 0.300. The highest BCUT2D eigenvalue weighted by atomic mass is 32.2. The van der Waals surface area contributed by atoms with Gasteiger partial charge in [-0.3, -0.25) is 13.8 Å². The maximum Gasteiger partial charge on any atom is 0.203 e. The van der Waals surface area contributed by atoms with E-state index in [9.17, 15) is 13.8 Å². The molecule has 1 atom stereocenters. The summed E-state index contributed by atoms with van der Waals surface area (Å²) in [4.78, 5) is 26.3. The quantitative estimate of drug-likeness (QED) is 0.596. The highest BCUT2D eigenvalue weighted by Gasteiger charge is 2.38. The van der Waals surface area contributed by atoms with Crippen LogP contribution in [-0.4, -0.2) is 27.9 Å². The van der Waals surface area contributed by atoms with Gasteiger partial charge in [-0.15, -0.1) is 11.3 Å². The number of benzene rings is 1. The highest BCUT2D eigenvalue weighted by Crippen LogP contribution is 2.43. The predicted molar refractivity (Wildman–Crippen MR) is 105 cm³/mol. The standard InChI is InChI=1S/C20H19NO3S2/c1-20(2)9-14-16(15(22)10-20)19(26(3,4)24)25-18(14)17(23)13-7-5-12(11-21)6-8-13/h5-8H,3,9-10H2,1-2,4H3. The van der Waals surface area contributed by atoms with Crippen molar-refractivity contribution in [3.8, 4) is 6.07 Å². The third kappa shape index (κ3) is 3.25. The zero-order valence-corrected chi connectivity index (χ0v) is 16.6. The van der Waals surface area contributed by atoms with Gasteiger partial charge in [-0.05, 0) is 47.5 Å². The molecule has 0 saturated heterocycles. The average molecular weight is 386 g/mol. The summed E-state index contributed by atoms with van der Waals surface area (Å²) in [5, 5.41) is 8.91. The van der Waals surface area contributed by atoms with Crippen molar-refractivity contribution in [1.82, 2.24) is 0 Å². The number of nitrogens with zero attached hydrogens (tertiary/aromatic N) is 1. The highest BCUT2D eigenvalue weighted by molar-refractivity contribution is 8.01. The molecule has 1 heterocycles. The average Bonchev–Trinajstić information content (AvgIpc) is 2.92. The van der Waals surface area contributed by atoms with E-state index in [0.29, 0.717) is 44.2 Å². The molecule has 26 heavy (non-hydrogen) atoms. The third-order valence-corrected chi connectivity index (χ3v) is 7.74. The van der Waals surface area contributed by atoms with Gasteiger partial charge in [0.25, 0.3) is 0 Å². The van der Waals surface area contributed by atoms with Crippen molar-refractivity contribution in [2.24, 2.45) is 5.41 Å². The van der Waals surface area contributed by atoms with Gasteiger partial charge in [-0.2, -0.15) is 5.26 Å². The first-order chi connectivity index (χ1) is 12.0. The zero-order chi connectivity index (χ0) is 19.3. The largest absolute Gasteiger partial charge is 0.294 e. The van der Waals surface area contributed by atoms with E-state index in [1.807, 2.05) is 19.9 Å². The van der Waals surface area contributed by atoms with Gasteiger partial charge >= 0.3 is 0 Å². The van der Waals surface area contributed by atoms with Crippen LogP contribution in [0.2, 0.25) is 0 Å². The molecule has 1 aromatic heterocycles. The molecule has 134 valence electrons. The molecule has 2 aromatic rings. The zero-order valence-electron chi connectivity index (χ0n) is 14.9. The molecule has 0 aliphatic heterocycles. The number of rotatable bonds is 3. The van der Waals surface area contributed by atoms with E-state index >= 15 is 0 Å². The molecule has 1 unspecified atom stereocenters. The number of carbonyl (C=O) groups is 2. The Morgan fingerprint density at radius 3 is 2.42 bits per heavy atom. The summed E-state index contributed by atoms with van der Waals surface area (Å²) < 4.78 is 13.0. The van der Waals surface area contributed by atoms with E-state index in [1.54, 1.807) is 24.3 Å². The topological polar surface area (TPSA) is 75.0 Å². The number of ketones is 2. The lowest BCUT2D eigenvalue weighted by Crippen LogP contribution is -2.28. The number of Topliss-reactive ketones (excluding diaryl/α,β-unsaturated/α-hetero) is 1. The Hall–Kier alpha value is -2.23. The number of carbonyl (C=O) groups excluding carboxylic acids is 2. The Kier molecular flexibility index (Phi) is 4.41. The summed E-state index contributed by atoms with van der Waals surface area (Å²) in [6, 6.07) is 8.42. The summed E-state index contributed by atoms with van der Waals surface area (Å²) in [6.45, 7) is 3.99. The van der Waals surface area contributed by atoms with Crippen LogP contribution in [0.25, 0.3) is 0 Å². The summed E-state index contributed by atoms with van der Waals surface area (Å²) >= 11 is 1.13. The molecule has 0 bridgehead atoms. The van der Waals surface area contributed by atoms with Gasteiger partial charge in [0, 0.05) is 33.3 Å².